The Morgan fingerprint density at radius 3 is 2.88 bits per heavy atom. The van der Waals surface area contributed by atoms with Crippen molar-refractivity contribution in [3.05, 3.63) is 0 Å². The van der Waals surface area contributed by atoms with E-state index in [9.17, 15) is 4.79 Å². The first-order chi connectivity index (χ1) is 7.69. The normalized spacial score (nSPS) is 34.8. The molecule has 0 bridgehead atoms. The Balaban J connectivity index is 2.11. The van der Waals surface area contributed by atoms with Crippen LogP contribution in [0.1, 0.15) is 33.1 Å². The molecule has 2 aliphatic rings. The largest absolute Gasteiger partial charge is 0.465 e. The van der Waals surface area contributed by atoms with Gasteiger partial charge in [0.25, 0.3) is 0 Å². The monoisotopic (exact) mass is 226 g/mol. The fraction of sp³-hybridized carbons (Fsp3) is 0.917. The summed E-state index contributed by atoms with van der Waals surface area (Å²) in [6, 6.07) is 0.532. The molecule has 1 saturated carbocycles. The highest BCUT2D eigenvalue weighted by Gasteiger charge is 2.48. The molecule has 2 unspecified atom stereocenters. The van der Waals surface area contributed by atoms with E-state index in [0.717, 1.165) is 19.5 Å². The Labute approximate surface area is 97.1 Å². The number of esters is 1. The highest BCUT2D eigenvalue weighted by molar-refractivity contribution is 5.81. The van der Waals surface area contributed by atoms with Crippen LogP contribution in [0.25, 0.3) is 0 Å². The first-order valence-corrected chi connectivity index (χ1v) is 6.34. The Hall–Kier alpha value is -0.610. The zero-order valence-electron chi connectivity index (χ0n) is 10.2. The summed E-state index contributed by atoms with van der Waals surface area (Å²) in [6.45, 7) is 6.24. The van der Waals surface area contributed by atoms with Gasteiger partial charge in [-0.15, -0.1) is 0 Å². The van der Waals surface area contributed by atoms with E-state index in [1.165, 1.54) is 12.8 Å². The summed E-state index contributed by atoms with van der Waals surface area (Å²) in [7, 11) is 0. The number of rotatable bonds is 4. The number of hydrogen-bond acceptors (Lipinski definition) is 4. The molecule has 4 nitrogen and oxygen atoms in total. The zero-order chi connectivity index (χ0) is 11.6. The van der Waals surface area contributed by atoms with Gasteiger partial charge in [0.15, 0.2) is 0 Å². The number of piperidine rings is 1. The Kier molecular flexibility index (Phi) is 3.50. The highest BCUT2D eigenvalue weighted by Crippen LogP contribution is 2.31. The van der Waals surface area contributed by atoms with Gasteiger partial charge in [-0.2, -0.15) is 0 Å². The van der Waals surface area contributed by atoms with Crippen molar-refractivity contribution in [3.8, 4) is 0 Å². The SMILES string of the molecule is CCOC(=O)C1(NC2CC2)CCNCC1C. The van der Waals surface area contributed by atoms with Crippen molar-refractivity contribution in [1.82, 2.24) is 10.6 Å². The molecule has 0 aromatic carbocycles. The van der Waals surface area contributed by atoms with Gasteiger partial charge in [-0.25, -0.2) is 0 Å². The molecule has 92 valence electrons. The zero-order valence-corrected chi connectivity index (χ0v) is 10.2. The van der Waals surface area contributed by atoms with Crippen molar-refractivity contribution in [2.45, 2.75) is 44.7 Å². The first-order valence-electron chi connectivity index (χ1n) is 6.34. The molecule has 2 rings (SSSR count). The molecule has 0 spiro atoms. The minimum atomic E-state index is -0.442. The van der Waals surface area contributed by atoms with Crippen molar-refractivity contribution >= 4 is 5.97 Å². The van der Waals surface area contributed by atoms with Crippen LogP contribution < -0.4 is 10.6 Å². The van der Waals surface area contributed by atoms with Crippen molar-refractivity contribution < 1.29 is 9.53 Å². The molecule has 1 aliphatic heterocycles. The molecule has 1 saturated heterocycles. The van der Waals surface area contributed by atoms with Crippen LogP contribution >= 0.6 is 0 Å². The molecular weight excluding hydrogens is 204 g/mol. The van der Waals surface area contributed by atoms with E-state index in [1.54, 1.807) is 0 Å². The maximum absolute atomic E-state index is 12.2. The van der Waals surface area contributed by atoms with Gasteiger partial charge < -0.3 is 10.1 Å². The molecule has 0 aromatic heterocycles. The smallest absolute Gasteiger partial charge is 0.326 e. The van der Waals surface area contributed by atoms with Crippen LogP contribution in [0.3, 0.4) is 0 Å². The summed E-state index contributed by atoms with van der Waals surface area (Å²) in [4.78, 5) is 12.2. The van der Waals surface area contributed by atoms with Crippen LogP contribution in [-0.2, 0) is 9.53 Å². The lowest BCUT2D eigenvalue weighted by Gasteiger charge is -2.41. The maximum atomic E-state index is 12.2. The second-order valence-corrected chi connectivity index (χ2v) is 4.97. The van der Waals surface area contributed by atoms with Crippen LogP contribution in [0.4, 0.5) is 0 Å². The molecule has 16 heavy (non-hydrogen) atoms. The fourth-order valence-corrected chi connectivity index (χ4v) is 2.45. The van der Waals surface area contributed by atoms with Gasteiger partial charge in [0.1, 0.15) is 5.54 Å². The summed E-state index contributed by atoms with van der Waals surface area (Å²) < 4.78 is 5.25. The van der Waals surface area contributed by atoms with E-state index >= 15 is 0 Å². The Morgan fingerprint density at radius 1 is 1.56 bits per heavy atom. The predicted octanol–water partition coefficient (Wildman–Crippen LogP) is 0.670. The van der Waals surface area contributed by atoms with Gasteiger partial charge in [0, 0.05) is 12.6 Å². The number of hydrogen-bond donors (Lipinski definition) is 2. The van der Waals surface area contributed by atoms with E-state index in [-0.39, 0.29) is 5.97 Å². The average molecular weight is 226 g/mol. The van der Waals surface area contributed by atoms with Crippen molar-refractivity contribution in [1.29, 1.82) is 0 Å². The molecule has 2 fully saturated rings. The predicted molar refractivity (Wildman–Crippen MR) is 62.2 cm³/mol. The van der Waals surface area contributed by atoms with Crippen LogP contribution in [0, 0.1) is 5.92 Å². The van der Waals surface area contributed by atoms with Crippen LogP contribution in [0.5, 0.6) is 0 Å². The number of nitrogens with one attached hydrogen (secondary N) is 2. The van der Waals surface area contributed by atoms with Gasteiger partial charge >= 0.3 is 5.97 Å². The molecular formula is C12H22N2O2. The highest BCUT2D eigenvalue weighted by atomic mass is 16.5. The van der Waals surface area contributed by atoms with Crippen LogP contribution in [0.2, 0.25) is 0 Å². The van der Waals surface area contributed by atoms with E-state index in [0.29, 0.717) is 18.6 Å². The van der Waals surface area contributed by atoms with Gasteiger partial charge in [0.05, 0.1) is 6.61 Å². The standard InChI is InChI=1S/C12H22N2O2/c1-3-16-11(15)12(14-10-4-5-10)6-7-13-8-9(12)2/h9-10,13-14H,3-8H2,1-2H3. The summed E-state index contributed by atoms with van der Waals surface area (Å²) in [5.74, 6) is 0.233. The Morgan fingerprint density at radius 2 is 2.31 bits per heavy atom. The average Bonchev–Trinajstić information content (AvgIpc) is 3.06. The van der Waals surface area contributed by atoms with E-state index < -0.39 is 5.54 Å². The van der Waals surface area contributed by atoms with Gasteiger partial charge in [-0.05, 0) is 38.6 Å². The lowest BCUT2D eigenvalue weighted by atomic mass is 9.79. The minimum absolute atomic E-state index is 0.0594. The molecule has 1 heterocycles. The molecule has 2 N–H and O–H groups in total. The first kappa shape index (κ1) is 11.9. The van der Waals surface area contributed by atoms with Crippen molar-refractivity contribution in [2.24, 2.45) is 5.92 Å². The van der Waals surface area contributed by atoms with E-state index in [1.807, 2.05) is 6.92 Å². The maximum Gasteiger partial charge on any atom is 0.326 e. The second-order valence-electron chi connectivity index (χ2n) is 4.97. The Bertz CT molecular complexity index is 266. The van der Waals surface area contributed by atoms with Gasteiger partial charge in [-0.3, -0.25) is 10.1 Å². The van der Waals surface area contributed by atoms with Crippen LogP contribution in [0.15, 0.2) is 0 Å². The quantitative estimate of drug-likeness (QED) is 0.692. The van der Waals surface area contributed by atoms with E-state index in [4.69, 9.17) is 4.74 Å². The lowest BCUT2D eigenvalue weighted by molar-refractivity contribution is -0.155. The molecule has 2 atom stereocenters. The third kappa shape index (κ3) is 2.23. The molecule has 0 amide bonds. The molecule has 4 heteroatoms. The molecule has 0 radical (unpaired) electrons. The van der Waals surface area contributed by atoms with Gasteiger partial charge in [0.2, 0.25) is 0 Å². The molecule has 1 aliphatic carbocycles. The second kappa shape index (κ2) is 4.72. The van der Waals surface area contributed by atoms with E-state index in [2.05, 4.69) is 17.6 Å². The fourth-order valence-electron chi connectivity index (χ4n) is 2.45. The number of carbonyl (C=O) groups is 1. The minimum Gasteiger partial charge on any atom is -0.465 e. The van der Waals surface area contributed by atoms with Crippen molar-refractivity contribution in [2.75, 3.05) is 19.7 Å². The summed E-state index contributed by atoms with van der Waals surface area (Å²) in [6.07, 6.45) is 3.23. The van der Waals surface area contributed by atoms with Crippen molar-refractivity contribution in [3.63, 3.8) is 0 Å². The topological polar surface area (TPSA) is 50.4 Å². The molecule has 0 aromatic rings. The van der Waals surface area contributed by atoms with Gasteiger partial charge in [-0.1, -0.05) is 6.92 Å². The summed E-state index contributed by atoms with van der Waals surface area (Å²) in [5, 5.41) is 6.86. The summed E-state index contributed by atoms with van der Waals surface area (Å²) >= 11 is 0. The number of ether oxygens (including phenoxy) is 1. The lowest BCUT2D eigenvalue weighted by Crippen LogP contribution is -2.64. The summed E-state index contributed by atoms with van der Waals surface area (Å²) in [5.41, 5.74) is -0.442. The number of carbonyl (C=O) groups excluding carboxylic acids is 1. The third-order valence-electron chi connectivity index (χ3n) is 3.67. The third-order valence-corrected chi connectivity index (χ3v) is 3.67. The van der Waals surface area contributed by atoms with Crippen LogP contribution in [-0.4, -0.2) is 37.2 Å².